The standard InChI is InChI=1S/C12H24N4/c1-4-8-16-12(10-14-15-16)6-5-7-13-9-11(2)3/h10-11,13H,4-9H2,1-3H3. The van der Waals surface area contributed by atoms with Crippen molar-refractivity contribution in [3.63, 3.8) is 0 Å². The van der Waals surface area contributed by atoms with Crippen LogP contribution in [0.2, 0.25) is 0 Å². The second kappa shape index (κ2) is 7.39. The van der Waals surface area contributed by atoms with Gasteiger partial charge < -0.3 is 5.32 Å². The lowest BCUT2D eigenvalue weighted by Gasteiger charge is -2.07. The van der Waals surface area contributed by atoms with Gasteiger partial charge in [-0.3, -0.25) is 0 Å². The highest BCUT2D eigenvalue weighted by atomic mass is 15.4. The maximum atomic E-state index is 4.08. The summed E-state index contributed by atoms with van der Waals surface area (Å²) in [6, 6.07) is 0. The Morgan fingerprint density at radius 1 is 1.44 bits per heavy atom. The molecule has 1 N–H and O–H groups in total. The summed E-state index contributed by atoms with van der Waals surface area (Å²) in [7, 11) is 0. The van der Waals surface area contributed by atoms with Crippen LogP contribution >= 0.6 is 0 Å². The molecule has 0 saturated carbocycles. The Morgan fingerprint density at radius 2 is 2.25 bits per heavy atom. The van der Waals surface area contributed by atoms with Crippen molar-refractivity contribution in [2.75, 3.05) is 13.1 Å². The van der Waals surface area contributed by atoms with Gasteiger partial charge in [0.2, 0.25) is 0 Å². The van der Waals surface area contributed by atoms with Gasteiger partial charge in [-0.1, -0.05) is 26.0 Å². The maximum Gasteiger partial charge on any atom is 0.0725 e. The SMILES string of the molecule is CCCn1nncc1CCCNCC(C)C. The van der Waals surface area contributed by atoms with Crippen molar-refractivity contribution in [1.82, 2.24) is 20.3 Å². The molecule has 0 aliphatic rings. The van der Waals surface area contributed by atoms with E-state index in [1.165, 1.54) is 5.69 Å². The van der Waals surface area contributed by atoms with Crippen molar-refractivity contribution in [3.8, 4) is 0 Å². The quantitative estimate of drug-likeness (QED) is 0.685. The van der Waals surface area contributed by atoms with Crippen LogP contribution in [-0.2, 0) is 13.0 Å². The van der Waals surface area contributed by atoms with Crippen LogP contribution in [0.1, 0.15) is 39.3 Å². The third kappa shape index (κ3) is 4.75. The molecule has 0 bridgehead atoms. The monoisotopic (exact) mass is 224 g/mol. The van der Waals surface area contributed by atoms with E-state index in [1.807, 2.05) is 10.9 Å². The molecule has 0 aliphatic carbocycles. The zero-order valence-electron chi connectivity index (χ0n) is 10.7. The molecule has 0 unspecified atom stereocenters. The van der Waals surface area contributed by atoms with Crippen molar-refractivity contribution in [2.24, 2.45) is 5.92 Å². The van der Waals surface area contributed by atoms with E-state index in [4.69, 9.17) is 0 Å². The maximum absolute atomic E-state index is 4.08. The molecule has 0 aliphatic heterocycles. The van der Waals surface area contributed by atoms with Gasteiger partial charge in [0.1, 0.15) is 0 Å². The molecule has 4 nitrogen and oxygen atoms in total. The first-order chi connectivity index (χ1) is 7.74. The molecule has 0 amide bonds. The fraction of sp³-hybridized carbons (Fsp3) is 0.833. The number of rotatable bonds is 8. The van der Waals surface area contributed by atoms with E-state index in [-0.39, 0.29) is 0 Å². The molecule has 0 radical (unpaired) electrons. The highest BCUT2D eigenvalue weighted by Crippen LogP contribution is 2.01. The first-order valence-corrected chi connectivity index (χ1v) is 6.32. The smallest absolute Gasteiger partial charge is 0.0725 e. The van der Waals surface area contributed by atoms with Crippen molar-refractivity contribution >= 4 is 0 Å². The molecule has 1 rings (SSSR count). The molecule has 1 aromatic heterocycles. The summed E-state index contributed by atoms with van der Waals surface area (Å²) in [4.78, 5) is 0. The second-order valence-corrected chi connectivity index (χ2v) is 4.65. The number of aromatic nitrogens is 3. The summed E-state index contributed by atoms with van der Waals surface area (Å²) >= 11 is 0. The molecular formula is C12H24N4. The molecular weight excluding hydrogens is 200 g/mol. The van der Waals surface area contributed by atoms with Gasteiger partial charge in [-0.25, -0.2) is 4.68 Å². The molecule has 0 spiro atoms. The zero-order valence-corrected chi connectivity index (χ0v) is 10.7. The fourth-order valence-electron chi connectivity index (χ4n) is 1.66. The van der Waals surface area contributed by atoms with Gasteiger partial charge in [0, 0.05) is 6.54 Å². The number of aryl methyl sites for hydroxylation is 2. The van der Waals surface area contributed by atoms with Gasteiger partial charge >= 0.3 is 0 Å². The number of nitrogens with zero attached hydrogens (tertiary/aromatic N) is 3. The molecule has 4 heteroatoms. The topological polar surface area (TPSA) is 42.7 Å². The van der Waals surface area contributed by atoms with E-state index in [0.717, 1.165) is 44.8 Å². The second-order valence-electron chi connectivity index (χ2n) is 4.65. The van der Waals surface area contributed by atoms with Crippen molar-refractivity contribution in [3.05, 3.63) is 11.9 Å². The minimum atomic E-state index is 0.729. The minimum Gasteiger partial charge on any atom is -0.316 e. The van der Waals surface area contributed by atoms with E-state index >= 15 is 0 Å². The van der Waals surface area contributed by atoms with Gasteiger partial charge in [0.05, 0.1) is 11.9 Å². The Bertz CT molecular complexity index is 280. The van der Waals surface area contributed by atoms with Crippen molar-refractivity contribution in [1.29, 1.82) is 0 Å². The van der Waals surface area contributed by atoms with Crippen molar-refractivity contribution < 1.29 is 0 Å². The highest BCUT2D eigenvalue weighted by molar-refractivity contribution is 4.94. The van der Waals surface area contributed by atoms with E-state index in [9.17, 15) is 0 Å². The summed E-state index contributed by atoms with van der Waals surface area (Å²) in [5.74, 6) is 0.729. The van der Waals surface area contributed by atoms with Crippen LogP contribution in [0.15, 0.2) is 6.20 Å². The first-order valence-electron chi connectivity index (χ1n) is 6.32. The Balaban J connectivity index is 2.18. The Kier molecular flexibility index (Phi) is 6.08. The molecule has 0 atom stereocenters. The predicted octanol–water partition coefficient (Wildman–Crippen LogP) is 1.87. The average Bonchev–Trinajstić information content (AvgIpc) is 2.65. The normalized spacial score (nSPS) is 11.2. The van der Waals surface area contributed by atoms with Gasteiger partial charge in [0.15, 0.2) is 0 Å². The molecule has 92 valence electrons. The summed E-state index contributed by atoms with van der Waals surface area (Å²) < 4.78 is 2.02. The lowest BCUT2D eigenvalue weighted by Crippen LogP contribution is -2.21. The molecule has 16 heavy (non-hydrogen) atoms. The Morgan fingerprint density at radius 3 is 2.94 bits per heavy atom. The lowest BCUT2D eigenvalue weighted by molar-refractivity contribution is 0.524. The summed E-state index contributed by atoms with van der Waals surface area (Å²) in [6.07, 6.45) is 5.22. The van der Waals surface area contributed by atoms with Crippen LogP contribution in [0.4, 0.5) is 0 Å². The minimum absolute atomic E-state index is 0.729. The van der Waals surface area contributed by atoms with Crippen LogP contribution in [0.5, 0.6) is 0 Å². The average molecular weight is 224 g/mol. The van der Waals surface area contributed by atoms with E-state index in [2.05, 4.69) is 36.4 Å². The van der Waals surface area contributed by atoms with Gasteiger partial charge in [-0.15, -0.1) is 5.10 Å². The van der Waals surface area contributed by atoms with Crippen LogP contribution in [0, 0.1) is 5.92 Å². The number of nitrogens with one attached hydrogen (secondary N) is 1. The number of hydrogen-bond donors (Lipinski definition) is 1. The van der Waals surface area contributed by atoms with Crippen LogP contribution in [0.3, 0.4) is 0 Å². The summed E-state index contributed by atoms with van der Waals surface area (Å²) in [5, 5.41) is 11.5. The third-order valence-corrected chi connectivity index (χ3v) is 2.47. The van der Waals surface area contributed by atoms with E-state index < -0.39 is 0 Å². The summed E-state index contributed by atoms with van der Waals surface area (Å²) in [6.45, 7) is 9.78. The largest absolute Gasteiger partial charge is 0.316 e. The van der Waals surface area contributed by atoms with Crippen LogP contribution < -0.4 is 5.32 Å². The third-order valence-electron chi connectivity index (χ3n) is 2.47. The molecule has 0 aromatic carbocycles. The lowest BCUT2D eigenvalue weighted by atomic mass is 10.2. The molecule has 1 heterocycles. The van der Waals surface area contributed by atoms with Gasteiger partial charge in [0.25, 0.3) is 0 Å². The van der Waals surface area contributed by atoms with E-state index in [1.54, 1.807) is 0 Å². The molecule has 0 fully saturated rings. The molecule has 0 saturated heterocycles. The fourth-order valence-corrected chi connectivity index (χ4v) is 1.66. The first kappa shape index (κ1) is 13.2. The zero-order chi connectivity index (χ0) is 11.8. The van der Waals surface area contributed by atoms with Crippen molar-refractivity contribution in [2.45, 2.75) is 46.6 Å². The van der Waals surface area contributed by atoms with E-state index in [0.29, 0.717) is 0 Å². The Labute approximate surface area is 98.4 Å². The van der Waals surface area contributed by atoms with Gasteiger partial charge in [-0.05, 0) is 38.3 Å². The molecule has 1 aromatic rings. The van der Waals surface area contributed by atoms with Crippen LogP contribution in [-0.4, -0.2) is 28.1 Å². The predicted molar refractivity (Wildman–Crippen MR) is 66.3 cm³/mol. The number of hydrogen-bond acceptors (Lipinski definition) is 3. The van der Waals surface area contributed by atoms with Gasteiger partial charge in [-0.2, -0.15) is 0 Å². The summed E-state index contributed by atoms with van der Waals surface area (Å²) in [5.41, 5.74) is 1.26. The van der Waals surface area contributed by atoms with Crippen LogP contribution in [0.25, 0.3) is 0 Å². The Hall–Kier alpha value is -0.900. The highest BCUT2D eigenvalue weighted by Gasteiger charge is 2.02.